The van der Waals surface area contributed by atoms with E-state index in [0.717, 1.165) is 45.1 Å². The van der Waals surface area contributed by atoms with Crippen LogP contribution in [0.15, 0.2) is 0 Å². The van der Waals surface area contributed by atoms with Gasteiger partial charge in [0.25, 0.3) is 0 Å². The SMILES string of the molecule is CC(C(=O)NC1CCOC(C)(C)C1)C1CCCC(N)C1. The zero-order chi connectivity index (χ0) is 14.8. The van der Waals surface area contributed by atoms with Gasteiger partial charge in [0.15, 0.2) is 0 Å². The van der Waals surface area contributed by atoms with Crippen molar-refractivity contribution >= 4 is 5.91 Å². The van der Waals surface area contributed by atoms with Crippen LogP contribution in [0.25, 0.3) is 0 Å². The average Bonchev–Trinajstić information content (AvgIpc) is 2.36. The van der Waals surface area contributed by atoms with Gasteiger partial charge in [0, 0.05) is 24.6 Å². The molecule has 0 bridgehead atoms. The number of nitrogens with two attached hydrogens (primary N) is 1. The van der Waals surface area contributed by atoms with E-state index < -0.39 is 0 Å². The topological polar surface area (TPSA) is 64.3 Å². The fourth-order valence-corrected chi connectivity index (χ4v) is 3.62. The molecule has 0 aromatic carbocycles. The third-order valence-corrected chi connectivity index (χ3v) is 4.92. The van der Waals surface area contributed by atoms with Crippen molar-refractivity contribution in [1.82, 2.24) is 5.32 Å². The Morgan fingerprint density at radius 1 is 1.35 bits per heavy atom. The second-order valence-corrected chi connectivity index (χ2v) is 7.28. The molecule has 1 heterocycles. The number of amides is 1. The Bertz CT molecular complexity index is 343. The maximum atomic E-state index is 12.4. The predicted molar refractivity (Wildman–Crippen MR) is 80.3 cm³/mol. The first-order valence-electron chi connectivity index (χ1n) is 8.07. The van der Waals surface area contributed by atoms with Crippen molar-refractivity contribution in [2.24, 2.45) is 17.6 Å². The molecule has 1 amide bonds. The molecule has 0 aromatic heterocycles. The Morgan fingerprint density at radius 2 is 2.10 bits per heavy atom. The first kappa shape index (κ1) is 15.8. The lowest BCUT2D eigenvalue weighted by Crippen LogP contribution is -2.48. The monoisotopic (exact) mass is 282 g/mol. The molecule has 0 spiro atoms. The lowest BCUT2D eigenvalue weighted by Gasteiger charge is -2.37. The zero-order valence-electron chi connectivity index (χ0n) is 13.2. The highest BCUT2D eigenvalue weighted by atomic mass is 16.5. The average molecular weight is 282 g/mol. The van der Waals surface area contributed by atoms with Crippen LogP contribution in [0.3, 0.4) is 0 Å². The van der Waals surface area contributed by atoms with Crippen LogP contribution in [-0.4, -0.2) is 30.2 Å². The Labute approximate surface area is 122 Å². The fraction of sp³-hybridized carbons (Fsp3) is 0.938. The van der Waals surface area contributed by atoms with E-state index in [-0.39, 0.29) is 29.5 Å². The summed E-state index contributed by atoms with van der Waals surface area (Å²) in [6.07, 6.45) is 6.23. The largest absolute Gasteiger partial charge is 0.375 e. The van der Waals surface area contributed by atoms with E-state index in [1.165, 1.54) is 0 Å². The van der Waals surface area contributed by atoms with Crippen LogP contribution < -0.4 is 11.1 Å². The van der Waals surface area contributed by atoms with Crippen molar-refractivity contribution in [3.63, 3.8) is 0 Å². The highest BCUT2D eigenvalue weighted by Gasteiger charge is 2.33. The summed E-state index contributed by atoms with van der Waals surface area (Å²) in [7, 11) is 0. The van der Waals surface area contributed by atoms with Crippen molar-refractivity contribution < 1.29 is 9.53 Å². The summed E-state index contributed by atoms with van der Waals surface area (Å²) < 4.78 is 5.70. The van der Waals surface area contributed by atoms with Crippen molar-refractivity contribution in [1.29, 1.82) is 0 Å². The highest BCUT2D eigenvalue weighted by molar-refractivity contribution is 5.78. The van der Waals surface area contributed by atoms with Gasteiger partial charge in [-0.15, -0.1) is 0 Å². The van der Waals surface area contributed by atoms with Crippen LogP contribution in [0.4, 0.5) is 0 Å². The minimum atomic E-state index is -0.118. The molecule has 1 saturated carbocycles. The van der Waals surface area contributed by atoms with E-state index in [0.29, 0.717) is 5.92 Å². The summed E-state index contributed by atoms with van der Waals surface area (Å²) in [5.41, 5.74) is 5.92. The van der Waals surface area contributed by atoms with Gasteiger partial charge >= 0.3 is 0 Å². The molecule has 0 aromatic rings. The predicted octanol–water partition coefficient (Wildman–Crippen LogP) is 2.21. The van der Waals surface area contributed by atoms with Crippen molar-refractivity contribution in [2.75, 3.05) is 6.61 Å². The molecule has 4 atom stereocenters. The maximum absolute atomic E-state index is 12.4. The fourth-order valence-electron chi connectivity index (χ4n) is 3.62. The van der Waals surface area contributed by atoms with E-state index in [1.807, 2.05) is 0 Å². The first-order chi connectivity index (χ1) is 9.37. The van der Waals surface area contributed by atoms with Crippen LogP contribution in [0.1, 0.15) is 59.3 Å². The van der Waals surface area contributed by atoms with Crippen molar-refractivity contribution in [3.05, 3.63) is 0 Å². The van der Waals surface area contributed by atoms with Crippen molar-refractivity contribution in [3.8, 4) is 0 Å². The smallest absolute Gasteiger partial charge is 0.223 e. The van der Waals surface area contributed by atoms with Crippen LogP contribution >= 0.6 is 0 Å². The molecule has 1 aliphatic heterocycles. The van der Waals surface area contributed by atoms with Gasteiger partial charge in [-0.25, -0.2) is 0 Å². The van der Waals surface area contributed by atoms with E-state index >= 15 is 0 Å². The van der Waals surface area contributed by atoms with E-state index in [2.05, 4.69) is 26.1 Å². The van der Waals surface area contributed by atoms with Gasteiger partial charge < -0.3 is 15.8 Å². The number of rotatable bonds is 3. The summed E-state index contributed by atoms with van der Waals surface area (Å²) in [5, 5.41) is 3.23. The van der Waals surface area contributed by atoms with Gasteiger partial charge in [0.05, 0.1) is 5.60 Å². The van der Waals surface area contributed by atoms with Gasteiger partial charge in [-0.3, -0.25) is 4.79 Å². The number of nitrogens with one attached hydrogen (secondary N) is 1. The number of hydrogen-bond donors (Lipinski definition) is 2. The van der Waals surface area contributed by atoms with Crippen LogP contribution in [0, 0.1) is 11.8 Å². The normalized spacial score (nSPS) is 35.3. The molecule has 2 rings (SSSR count). The third-order valence-electron chi connectivity index (χ3n) is 4.92. The molecule has 116 valence electrons. The van der Waals surface area contributed by atoms with Gasteiger partial charge in [0.2, 0.25) is 5.91 Å². The molecule has 2 aliphatic rings. The molecule has 20 heavy (non-hydrogen) atoms. The van der Waals surface area contributed by atoms with Gasteiger partial charge in [-0.1, -0.05) is 13.3 Å². The van der Waals surface area contributed by atoms with Crippen LogP contribution in [-0.2, 0) is 9.53 Å². The summed E-state index contributed by atoms with van der Waals surface area (Å²) in [5.74, 6) is 0.728. The Hall–Kier alpha value is -0.610. The summed E-state index contributed by atoms with van der Waals surface area (Å²) in [6.45, 7) is 6.98. The molecule has 1 aliphatic carbocycles. The summed E-state index contributed by atoms with van der Waals surface area (Å²) in [4.78, 5) is 12.4. The minimum Gasteiger partial charge on any atom is -0.375 e. The van der Waals surface area contributed by atoms with E-state index in [9.17, 15) is 4.79 Å². The lowest BCUT2D eigenvalue weighted by molar-refractivity contribution is -0.129. The first-order valence-corrected chi connectivity index (χ1v) is 8.07. The van der Waals surface area contributed by atoms with E-state index in [1.54, 1.807) is 0 Å². The third kappa shape index (κ3) is 4.19. The molecular weight excluding hydrogens is 252 g/mol. The van der Waals surface area contributed by atoms with Crippen LogP contribution in [0.2, 0.25) is 0 Å². The van der Waals surface area contributed by atoms with E-state index in [4.69, 9.17) is 10.5 Å². The lowest BCUT2D eigenvalue weighted by atomic mass is 9.78. The Kier molecular flexibility index (Phi) is 5.08. The molecule has 0 radical (unpaired) electrons. The van der Waals surface area contributed by atoms with Gasteiger partial charge in [-0.2, -0.15) is 0 Å². The number of hydrogen-bond acceptors (Lipinski definition) is 3. The second kappa shape index (κ2) is 6.44. The highest BCUT2D eigenvalue weighted by Crippen LogP contribution is 2.30. The number of carbonyl (C=O) groups is 1. The molecule has 3 N–H and O–H groups in total. The maximum Gasteiger partial charge on any atom is 0.223 e. The number of carbonyl (C=O) groups excluding carboxylic acids is 1. The molecule has 4 nitrogen and oxygen atoms in total. The minimum absolute atomic E-state index is 0.0762. The van der Waals surface area contributed by atoms with Crippen molar-refractivity contribution in [2.45, 2.75) is 77.0 Å². The molecule has 4 heteroatoms. The second-order valence-electron chi connectivity index (χ2n) is 7.28. The molecule has 1 saturated heterocycles. The standard InChI is InChI=1S/C16H30N2O2/c1-11(12-5-4-6-13(17)9-12)15(19)18-14-7-8-20-16(2,3)10-14/h11-14H,4-10,17H2,1-3H3,(H,18,19). The Morgan fingerprint density at radius 3 is 2.75 bits per heavy atom. The molecular formula is C16H30N2O2. The summed E-state index contributed by atoms with van der Waals surface area (Å²) in [6, 6.07) is 0.539. The summed E-state index contributed by atoms with van der Waals surface area (Å²) >= 11 is 0. The van der Waals surface area contributed by atoms with Gasteiger partial charge in [-0.05, 0) is 51.9 Å². The van der Waals surface area contributed by atoms with Crippen LogP contribution in [0.5, 0.6) is 0 Å². The molecule has 2 fully saturated rings. The number of ether oxygens (including phenoxy) is 1. The molecule has 4 unspecified atom stereocenters. The Balaban J connectivity index is 1.84. The van der Waals surface area contributed by atoms with Gasteiger partial charge in [0.1, 0.15) is 0 Å². The zero-order valence-corrected chi connectivity index (χ0v) is 13.2. The quantitative estimate of drug-likeness (QED) is 0.834.